The van der Waals surface area contributed by atoms with Crippen LogP contribution in [0.15, 0.2) is 41.6 Å². The van der Waals surface area contributed by atoms with Gasteiger partial charge in [0.2, 0.25) is 0 Å². The summed E-state index contributed by atoms with van der Waals surface area (Å²) >= 11 is 1.70. The van der Waals surface area contributed by atoms with Gasteiger partial charge < -0.3 is 10.2 Å². The van der Waals surface area contributed by atoms with Crippen LogP contribution in [-0.2, 0) is 0 Å². The quantitative estimate of drug-likeness (QED) is 0.827. The maximum absolute atomic E-state index is 6.25. The van der Waals surface area contributed by atoms with Crippen molar-refractivity contribution in [3.8, 4) is 11.1 Å². The summed E-state index contributed by atoms with van der Waals surface area (Å²) < 4.78 is 0. The molecule has 0 aliphatic carbocycles. The zero-order valence-electron chi connectivity index (χ0n) is 13.4. The summed E-state index contributed by atoms with van der Waals surface area (Å²) in [4.78, 5) is 7.72. The lowest BCUT2D eigenvalue weighted by molar-refractivity contribution is 0.474. The monoisotopic (exact) mass is 314 g/mol. The second-order valence-corrected chi connectivity index (χ2v) is 7.36. The van der Waals surface area contributed by atoms with Crippen molar-refractivity contribution in [2.24, 2.45) is 5.73 Å². The molecule has 3 N–H and O–H groups in total. The molecular formula is C17H22N4S. The van der Waals surface area contributed by atoms with E-state index in [0.717, 1.165) is 22.5 Å². The van der Waals surface area contributed by atoms with Crippen molar-refractivity contribution >= 4 is 23.1 Å². The van der Waals surface area contributed by atoms with Crippen molar-refractivity contribution in [1.82, 2.24) is 4.98 Å². The van der Waals surface area contributed by atoms with Gasteiger partial charge in [0.1, 0.15) is 0 Å². The van der Waals surface area contributed by atoms with Gasteiger partial charge in [0.25, 0.3) is 0 Å². The van der Waals surface area contributed by atoms with Gasteiger partial charge in [-0.05, 0) is 50.8 Å². The molecule has 1 unspecified atom stereocenters. The van der Waals surface area contributed by atoms with E-state index in [1.54, 1.807) is 11.8 Å². The van der Waals surface area contributed by atoms with Crippen molar-refractivity contribution in [2.75, 3.05) is 16.5 Å². The summed E-state index contributed by atoms with van der Waals surface area (Å²) in [6, 6.07) is 8.58. The number of thioether (sulfide) groups is 1. The highest BCUT2D eigenvalue weighted by atomic mass is 32.2. The van der Waals surface area contributed by atoms with E-state index in [1.807, 2.05) is 12.4 Å². The van der Waals surface area contributed by atoms with Crippen LogP contribution in [0.5, 0.6) is 0 Å². The first-order valence-corrected chi connectivity index (χ1v) is 8.57. The second kappa shape index (κ2) is 5.48. The number of rotatable bonds is 2. The number of nitrogens with one attached hydrogen (secondary N) is 1. The average molecular weight is 314 g/mol. The van der Waals surface area contributed by atoms with Crippen LogP contribution >= 0.6 is 11.8 Å². The zero-order chi connectivity index (χ0) is 15.9. The van der Waals surface area contributed by atoms with Gasteiger partial charge in [0, 0.05) is 28.4 Å². The smallest absolute Gasteiger partial charge is 0.153 e. The molecule has 0 saturated carbocycles. The van der Waals surface area contributed by atoms with Gasteiger partial charge >= 0.3 is 0 Å². The Morgan fingerprint density at radius 3 is 2.64 bits per heavy atom. The predicted molar refractivity (Wildman–Crippen MR) is 95.3 cm³/mol. The third-order valence-corrected chi connectivity index (χ3v) is 4.54. The first-order valence-electron chi connectivity index (χ1n) is 7.35. The minimum absolute atomic E-state index is 0.0460. The standard InChI is InChI=1S/C17H22N4S/c1-17(2,3)21-15-8-11(5-6-14(15)20-16(21)18)12-7-13(22-4)10-19-9-12/h5-10,16,20H,18H2,1-4H3. The van der Waals surface area contributed by atoms with Crippen molar-refractivity contribution in [2.45, 2.75) is 37.5 Å². The molecule has 0 amide bonds. The second-order valence-electron chi connectivity index (χ2n) is 6.48. The van der Waals surface area contributed by atoms with Crippen LogP contribution in [0.25, 0.3) is 11.1 Å². The Bertz CT molecular complexity index is 693. The van der Waals surface area contributed by atoms with Gasteiger partial charge in [-0.3, -0.25) is 10.7 Å². The van der Waals surface area contributed by atoms with Gasteiger partial charge in [-0.1, -0.05) is 6.07 Å². The number of aromatic nitrogens is 1. The topological polar surface area (TPSA) is 54.2 Å². The van der Waals surface area contributed by atoms with Gasteiger partial charge in [-0.25, -0.2) is 0 Å². The zero-order valence-corrected chi connectivity index (χ0v) is 14.2. The molecule has 4 nitrogen and oxygen atoms in total. The summed E-state index contributed by atoms with van der Waals surface area (Å²) in [5.41, 5.74) is 10.7. The highest BCUT2D eigenvalue weighted by molar-refractivity contribution is 7.98. The van der Waals surface area contributed by atoms with Gasteiger partial charge in [-0.15, -0.1) is 11.8 Å². The first-order chi connectivity index (χ1) is 10.4. The van der Waals surface area contributed by atoms with Crippen LogP contribution in [0.1, 0.15) is 20.8 Å². The lowest BCUT2D eigenvalue weighted by Crippen LogP contribution is -2.52. The third-order valence-electron chi connectivity index (χ3n) is 3.84. The molecule has 0 fully saturated rings. The highest BCUT2D eigenvalue weighted by Crippen LogP contribution is 2.40. The van der Waals surface area contributed by atoms with Gasteiger partial charge in [0.15, 0.2) is 6.29 Å². The number of hydrogen-bond donors (Lipinski definition) is 2. The minimum atomic E-state index is -0.194. The van der Waals surface area contributed by atoms with Gasteiger partial charge in [0.05, 0.1) is 11.4 Å². The largest absolute Gasteiger partial charge is 0.351 e. The Kier molecular flexibility index (Phi) is 3.78. The van der Waals surface area contributed by atoms with E-state index in [1.165, 1.54) is 4.90 Å². The molecule has 116 valence electrons. The molecule has 3 rings (SSSR count). The van der Waals surface area contributed by atoms with Crippen LogP contribution in [0.2, 0.25) is 0 Å². The summed E-state index contributed by atoms with van der Waals surface area (Å²) in [5.74, 6) is 0. The number of anilines is 2. The minimum Gasteiger partial charge on any atom is -0.351 e. The molecular weight excluding hydrogens is 292 g/mol. The average Bonchev–Trinajstić information content (AvgIpc) is 2.82. The fourth-order valence-electron chi connectivity index (χ4n) is 2.87. The van der Waals surface area contributed by atoms with Crippen LogP contribution in [0, 0.1) is 0 Å². The van der Waals surface area contributed by atoms with E-state index in [0.29, 0.717) is 0 Å². The Morgan fingerprint density at radius 2 is 1.95 bits per heavy atom. The molecule has 0 spiro atoms. The van der Waals surface area contributed by atoms with Crippen LogP contribution in [0.3, 0.4) is 0 Å². The number of nitrogens with two attached hydrogens (primary N) is 1. The van der Waals surface area contributed by atoms with E-state index in [2.05, 4.69) is 66.5 Å². The van der Waals surface area contributed by atoms with E-state index in [4.69, 9.17) is 5.73 Å². The highest BCUT2D eigenvalue weighted by Gasteiger charge is 2.34. The molecule has 1 aliphatic heterocycles. The number of nitrogens with zero attached hydrogens (tertiary/aromatic N) is 2. The normalized spacial score (nSPS) is 17.3. The predicted octanol–water partition coefficient (Wildman–Crippen LogP) is 3.74. The Balaban J connectivity index is 2.06. The van der Waals surface area contributed by atoms with Crippen LogP contribution < -0.4 is 16.0 Å². The number of hydrogen-bond acceptors (Lipinski definition) is 5. The molecule has 1 aromatic carbocycles. The molecule has 1 atom stereocenters. The lowest BCUT2D eigenvalue weighted by atomic mass is 10.0. The van der Waals surface area contributed by atoms with E-state index in [-0.39, 0.29) is 11.8 Å². The number of benzene rings is 1. The molecule has 22 heavy (non-hydrogen) atoms. The number of pyridine rings is 1. The Morgan fingerprint density at radius 1 is 1.18 bits per heavy atom. The summed E-state index contributed by atoms with van der Waals surface area (Å²) in [6.45, 7) is 6.52. The molecule has 1 aliphatic rings. The SMILES string of the molecule is CSc1cncc(-c2ccc3c(c2)N(C(C)(C)C)C(N)N3)c1. The fourth-order valence-corrected chi connectivity index (χ4v) is 3.28. The molecule has 5 heteroatoms. The van der Waals surface area contributed by atoms with E-state index in [9.17, 15) is 0 Å². The van der Waals surface area contributed by atoms with E-state index < -0.39 is 0 Å². The third kappa shape index (κ3) is 2.66. The summed E-state index contributed by atoms with van der Waals surface area (Å²) in [6.07, 6.45) is 5.67. The maximum Gasteiger partial charge on any atom is 0.153 e. The van der Waals surface area contributed by atoms with Gasteiger partial charge in [-0.2, -0.15) is 0 Å². The molecule has 0 saturated heterocycles. The Hall–Kier alpha value is -1.72. The molecule has 1 aromatic heterocycles. The van der Waals surface area contributed by atoms with Crippen molar-refractivity contribution in [1.29, 1.82) is 0 Å². The number of fused-ring (bicyclic) bond motifs is 1. The lowest BCUT2D eigenvalue weighted by Gasteiger charge is -2.37. The van der Waals surface area contributed by atoms with Crippen molar-refractivity contribution < 1.29 is 0 Å². The molecule has 2 aromatic rings. The molecule has 0 bridgehead atoms. The van der Waals surface area contributed by atoms with Crippen molar-refractivity contribution in [3.05, 3.63) is 36.7 Å². The first kappa shape index (κ1) is 15.2. The maximum atomic E-state index is 6.25. The van der Waals surface area contributed by atoms with Crippen molar-refractivity contribution in [3.63, 3.8) is 0 Å². The Labute approximate surface area is 136 Å². The summed E-state index contributed by atoms with van der Waals surface area (Å²) in [7, 11) is 0. The summed E-state index contributed by atoms with van der Waals surface area (Å²) in [5, 5.41) is 3.34. The molecule has 0 radical (unpaired) electrons. The molecule has 2 heterocycles. The van der Waals surface area contributed by atoms with Crippen LogP contribution in [0.4, 0.5) is 11.4 Å². The van der Waals surface area contributed by atoms with Crippen LogP contribution in [-0.4, -0.2) is 23.1 Å². The van der Waals surface area contributed by atoms with E-state index >= 15 is 0 Å². The fraction of sp³-hybridized carbons (Fsp3) is 0.353.